The highest BCUT2D eigenvalue weighted by Crippen LogP contribution is 2.27. The first-order valence-electron chi connectivity index (χ1n) is 7.36. The molecule has 128 valence electrons. The van der Waals surface area contributed by atoms with Gasteiger partial charge in [-0.3, -0.25) is 4.79 Å². The summed E-state index contributed by atoms with van der Waals surface area (Å²) in [5.74, 6) is 0.265. The highest BCUT2D eigenvalue weighted by Gasteiger charge is 2.14. The zero-order valence-corrected chi connectivity index (χ0v) is 15.7. The first-order valence-corrected chi connectivity index (χ1v) is 8.93. The molecule has 25 heavy (non-hydrogen) atoms. The van der Waals surface area contributed by atoms with Gasteiger partial charge in [-0.1, -0.05) is 46.7 Å². The molecule has 0 spiro atoms. The zero-order chi connectivity index (χ0) is 18.0. The number of fused-ring (bicyclic) bond motifs is 1. The van der Waals surface area contributed by atoms with Crippen LogP contribution in [0.3, 0.4) is 0 Å². The van der Waals surface area contributed by atoms with E-state index in [1.54, 1.807) is 25.3 Å². The molecule has 0 atom stereocenters. The Balaban J connectivity index is 2.22. The largest absolute Gasteiger partial charge is 0.495 e. The minimum absolute atomic E-state index is 0.267. The summed E-state index contributed by atoms with van der Waals surface area (Å²) in [5.41, 5.74) is 1.14. The van der Waals surface area contributed by atoms with Gasteiger partial charge in [0.15, 0.2) is 4.80 Å². The summed E-state index contributed by atoms with van der Waals surface area (Å²) in [5, 5.41) is 0.743. The molecule has 0 saturated carbocycles. The van der Waals surface area contributed by atoms with Crippen LogP contribution in [0.15, 0.2) is 54.0 Å². The van der Waals surface area contributed by atoms with Gasteiger partial charge in [-0.2, -0.15) is 4.99 Å². The number of aromatic nitrogens is 1. The third-order valence-electron chi connectivity index (χ3n) is 3.55. The number of benzene rings is 2. The number of para-hydroxylation sites is 1. The third kappa shape index (κ3) is 3.49. The average Bonchev–Trinajstić information content (AvgIpc) is 2.94. The van der Waals surface area contributed by atoms with Gasteiger partial charge in [0.25, 0.3) is 5.91 Å². The van der Waals surface area contributed by atoms with Crippen LogP contribution in [0.2, 0.25) is 10.0 Å². The van der Waals surface area contributed by atoms with Gasteiger partial charge < -0.3 is 9.30 Å². The predicted molar refractivity (Wildman–Crippen MR) is 103 cm³/mol. The number of nitrogens with zero attached hydrogens (tertiary/aromatic N) is 2. The maximum absolute atomic E-state index is 12.6. The summed E-state index contributed by atoms with van der Waals surface area (Å²) in [6, 6.07) is 10.4. The van der Waals surface area contributed by atoms with Crippen LogP contribution >= 0.6 is 34.5 Å². The molecule has 2 aromatic carbocycles. The summed E-state index contributed by atoms with van der Waals surface area (Å²) < 4.78 is 8.29. The number of allylic oxidation sites excluding steroid dienone is 1. The van der Waals surface area contributed by atoms with Crippen molar-refractivity contribution in [3.05, 3.63) is 69.5 Å². The van der Waals surface area contributed by atoms with Crippen LogP contribution in [0, 0.1) is 0 Å². The molecular formula is C18H14Cl2N2O2S. The molecule has 0 radical (unpaired) electrons. The molecule has 0 fully saturated rings. The fraction of sp³-hybridized carbons (Fsp3) is 0.111. The number of thiazole rings is 1. The lowest BCUT2D eigenvalue weighted by Gasteiger charge is -2.06. The number of hydrogen-bond acceptors (Lipinski definition) is 3. The van der Waals surface area contributed by atoms with E-state index in [1.807, 2.05) is 22.8 Å². The Labute approximate surface area is 158 Å². The number of carbonyl (C=O) groups excluding carboxylic acids is 1. The van der Waals surface area contributed by atoms with Gasteiger partial charge in [0, 0.05) is 11.6 Å². The maximum atomic E-state index is 12.6. The molecule has 0 aliphatic carbocycles. The van der Waals surface area contributed by atoms with Crippen molar-refractivity contribution in [3.63, 3.8) is 0 Å². The Hall–Kier alpha value is -2.08. The second kappa shape index (κ2) is 7.44. The maximum Gasteiger partial charge on any atom is 0.281 e. The van der Waals surface area contributed by atoms with E-state index >= 15 is 0 Å². The van der Waals surface area contributed by atoms with Gasteiger partial charge in [-0.05, 0) is 30.3 Å². The molecule has 1 aromatic heterocycles. The lowest BCUT2D eigenvalue weighted by molar-refractivity contribution is 0.0998. The SMILES string of the molecule is C=CCn1c(=NC(=O)c2cc(Cl)ccc2Cl)sc2cccc(OC)c21. The standard InChI is InChI=1S/C18H14Cl2N2O2S/c1-3-9-22-16-14(24-2)5-4-6-15(16)25-18(22)21-17(23)12-10-11(19)7-8-13(12)20/h3-8,10H,1,9H2,2H3. The van der Waals surface area contributed by atoms with Crippen molar-refractivity contribution in [1.29, 1.82) is 0 Å². The number of methoxy groups -OCH3 is 1. The van der Waals surface area contributed by atoms with Gasteiger partial charge in [-0.25, -0.2) is 0 Å². The summed E-state index contributed by atoms with van der Waals surface area (Å²) in [6.07, 6.45) is 1.74. The fourth-order valence-electron chi connectivity index (χ4n) is 2.45. The second-order valence-electron chi connectivity index (χ2n) is 5.13. The van der Waals surface area contributed by atoms with Crippen molar-refractivity contribution in [2.45, 2.75) is 6.54 Å². The number of ether oxygens (including phenoxy) is 1. The monoisotopic (exact) mass is 392 g/mol. The summed E-state index contributed by atoms with van der Waals surface area (Å²) in [6.45, 7) is 4.28. The summed E-state index contributed by atoms with van der Waals surface area (Å²) in [4.78, 5) is 17.4. The first-order chi connectivity index (χ1) is 12.0. The summed E-state index contributed by atoms with van der Waals surface area (Å²) >= 11 is 13.5. The molecule has 4 nitrogen and oxygen atoms in total. The van der Waals surface area contributed by atoms with Crippen LogP contribution in [0.4, 0.5) is 0 Å². The number of hydrogen-bond donors (Lipinski definition) is 0. The highest BCUT2D eigenvalue weighted by molar-refractivity contribution is 7.16. The topological polar surface area (TPSA) is 43.6 Å². The van der Waals surface area contributed by atoms with Crippen molar-refractivity contribution in [2.75, 3.05) is 7.11 Å². The van der Waals surface area contributed by atoms with Crippen LogP contribution in [-0.2, 0) is 6.54 Å². The Bertz CT molecular complexity index is 1040. The van der Waals surface area contributed by atoms with Crippen molar-refractivity contribution in [3.8, 4) is 5.75 Å². The molecule has 0 bridgehead atoms. The zero-order valence-electron chi connectivity index (χ0n) is 13.3. The Kier molecular flexibility index (Phi) is 5.27. The van der Waals surface area contributed by atoms with Crippen LogP contribution < -0.4 is 9.54 Å². The smallest absolute Gasteiger partial charge is 0.281 e. The van der Waals surface area contributed by atoms with E-state index in [1.165, 1.54) is 17.4 Å². The third-order valence-corrected chi connectivity index (χ3v) is 5.16. The van der Waals surface area contributed by atoms with E-state index in [0.717, 1.165) is 10.2 Å². The van der Waals surface area contributed by atoms with Crippen LogP contribution in [0.1, 0.15) is 10.4 Å². The number of rotatable bonds is 4. The minimum atomic E-state index is -0.448. The van der Waals surface area contributed by atoms with Gasteiger partial charge >= 0.3 is 0 Å². The first kappa shape index (κ1) is 17.7. The molecule has 1 heterocycles. The minimum Gasteiger partial charge on any atom is -0.495 e. The molecule has 1 amide bonds. The van der Waals surface area contributed by atoms with Crippen molar-refractivity contribution >= 4 is 50.7 Å². The quantitative estimate of drug-likeness (QED) is 0.589. The molecule has 0 aliphatic heterocycles. The molecular weight excluding hydrogens is 379 g/mol. The molecule has 7 heteroatoms. The second-order valence-corrected chi connectivity index (χ2v) is 6.98. The van der Waals surface area contributed by atoms with E-state index in [4.69, 9.17) is 27.9 Å². The predicted octanol–water partition coefficient (Wildman–Crippen LogP) is 4.95. The van der Waals surface area contributed by atoms with E-state index in [9.17, 15) is 4.79 Å². The van der Waals surface area contributed by atoms with Crippen LogP contribution in [0.25, 0.3) is 10.2 Å². The van der Waals surface area contributed by atoms with Crippen LogP contribution in [0.5, 0.6) is 5.75 Å². The Morgan fingerprint density at radius 1 is 1.36 bits per heavy atom. The fourth-order valence-corrected chi connectivity index (χ4v) is 3.88. The van der Waals surface area contributed by atoms with Gasteiger partial charge in [0.05, 0.1) is 22.4 Å². The Morgan fingerprint density at radius 2 is 2.16 bits per heavy atom. The van der Waals surface area contributed by atoms with Gasteiger partial charge in [0.1, 0.15) is 11.3 Å². The lowest BCUT2D eigenvalue weighted by Crippen LogP contribution is -2.16. The average molecular weight is 393 g/mol. The molecule has 3 aromatic rings. The van der Waals surface area contributed by atoms with E-state index in [2.05, 4.69) is 11.6 Å². The number of halogens is 2. The highest BCUT2D eigenvalue weighted by atomic mass is 35.5. The van der Waals surface area contributed by atoms with Gasteiger partial charge in [0.2, 0.25) is 0 Å². The molecule has 3 rings (SSSR count). The van der Waals surface area contributed by atoms with E-state index in [-0.39, 0.29) is 5.56 Å². The normalized spacial score (nSPS) is 11.7. The van der Waals surface area contributed by atoms with Crippen molar-refractivity contribution in [1.82, 2.24) is 4.57 Å². The molecule has 0 aliphatic rings. The molecule has 0 unspecified atom stereocenters. The van der Waals surface area contributed by atoms with Crippen LogP contribution in [-0.4, -0.2) is 17.6 Å². The lowest BCUT2D eigenvalue weighted by atomic mass is 10.2. The van der Waals surface area contributed by atoms with E-state index in [0.29, 0.717) is 27.1 Å². The number of amides is 1. The Morgan fingerprint density at radius 3 is 2.88 bits per heavy atom. The van der Waals surface area contributed by atoms with Crippen molar-refractivity contribution < 1.29 is 9.53 Å². The van der Waals surface area contributed by atoms with E-state index < -0.39 is 5.91 Å². The van der Waals surface area contributed by atoms with Gasteiger partial charge in [-0.15, -0.1) is 6.58 Å². The molecule has 0 saturated heterocycles. The number of carbonyl (C=O) groups is 1. The van der Waals surface area contributed by atoms with Crippen molar-refractivity contribution in [2.24, 2.45) is 4.99 Å². The molecule has 0 N–H and O–H groups in total. The summed E-state index contributed by atoms with van der Waals surface area (Å²) in [7, 11) is 1.61.